The van der Waals surface area contributed by atoms with Crippen molar-refractivity contribution in [1.29, 1.82) is 0 Å². The number of aliphatic hydroxyl groups is 1. The molecule has 1 aromatic carbocycles. The van der Waals surface area contributed by atoms with E-state index in [1.165, 1.54) is 0 Å². The number of hydrogen-bond donors (Lipinski definition) is 1. The highest BCUT2D eigenvalue weighted by Gasteiger charge is 2.33. The SMILES string of the molecule is CCn1cc(C(=O)N(CCO)C2CC2)c(=O)c2cc(Cl)ccc21. The van der Waals surface area contributed by atoms with Crippen molar-refractivity contribution in [2.24, 2.45) is 0 Å². The van der Waals surface area contributed by atoms with Crippen molar-refractivity contribution in [3.63, 3.8) is 0 Å². The van der Waals surface area contributed by atoms with Gasteiger partial charge in [0, 0.05) is 35.7 Å². The number of aromatic nitrogens is 1. The molecule has 0 atom stereocenters. The maximum atomic E-state index is 12.8. The molecule has 3 rings (SSSR count). The normalized spacial score (nSPS) is 14.2. The predicted octanol–water partition coefficient (Wildman–Crippen LogP) is 2.27. The van der Waals surface area contributed by atoms with E-state index in [9.17, 15) is 14.7 Å². The van der Waals surface area contributed by atoms with E-state index in [4.69, 9.17) is 11.6 Å². The molecule has 1 aliphatic rings. The van der Waals surface area contributed by atoms with Gasteiger partial charge in [0.25, 0.3) is 5.91 Å². The summed E-state index contributed by atoms with van der Waals surface area (Å²) in [5.74, 6) is -0.310. The molecule has 122 valence electrons. The third-order valence-corrected chi connectivity index (χ3v) is 4.44. The second kappa shape index (κ2) is 6.34. The van der Waals surface area contributed by atoms with Crippen LogP contribution in [-0.2, 0) is 6.54 Å². The first-order chi connectivity index (χ1) is 11.1. The lowest BCUT2D eigenvalue weighted by Crippen LogP contribution is -2.38. The number of carbonyl (C=O) groups excluding carboxylic acids is 1. The second-order valence-corrected chi connectivity index (χ2v) is 6.21. The maximum Gasteiger partial charge on any atom is 0.259 e. The quantitative estimate of drug-likeness (QED) is 0.912. The number of fused-ring (bicyclic) bond motifs is 1. The largest absolute Gasteiger partial charge is 0.395 e. The number of halogens is 1. The Morgan fingerprint density at radius 2 is 2.17 bits per heavy atom. The van der Waals surface area contributed by atoms with Crippen LogP contribution < -0.4 is 5.43 Å². The summed E-state index contributed by atoms with van der Waals surface area (Å²) < 4.78 is 1.88. The Bertz CT molecular complexity index is 811. The smallest absolute Gasteiger partial charge is 0.259 e. The van der Waals surface area contributed by atoms with Crippen LogP contribution in [0.15, 0.2) is 29.2 Å². The van der Waals surface area contributed by atoms with Crippen LogP contribution in [0.1, 0.15) is 30.1 Å². The van der Waals surface area contributed by atoms with Gasteiger partial charge in [-0.25, -0.2) is 0 Å². The molecule has 5 nitrogen and oxygen atoms in total. The minimum atomic E-state index is -0.310. The van der Waals surface area contributed by atoms with E-state index in [-0.39, 0.29) is 36.1 Å². The first-order valence-corrected chi connectivity index (χ1v) is 8.19. The van der Waals surface area contributed by atoms with Crippen molar-refractivity contribution >= 4 is 28.4 Å². The number of carbonyl (C=O) groups is 1. The highest BCUT2D eigenvalue weighted by atomic mass is 35.5. The summed E-state index contributed by atoms with van der Waals surface area (Å²) >= 11 is 6.01. The average molecular weight is 335 g/mol. The van der Waals surface area contributed by atoms with Gasteiger partial charge in [-0.1, -0.05) is 11.6 Å². The fraction of sp³-hybridized carbons (Fsp3) is 0.412. The topological polar surface area (TPSA) is 62.5 Å². The molecule has 0 unspecified atom stereocenters. The lowest BCUT2D eigenvalue weighted by atomic mass is 10.1. The highest BCUT2D eigenvalue weighted by molar-refractivity contribution is 6.31. The fourth-order valence-corrected chi connectivity index (χ4v) is 3.05. The number of aliphatic hydroxyl groups excluding tert-OH is 1. The van der Waals surface area contributed by atoms with Crippen LogP contribution in [0.5, 0.6) is 0 Å². The molecule has 1 aliphatic carbocycles. The molecule has 2 aromatic rings. The zero-order valence-electron chi connectivity index (χ0n) is 13.0. The number of amides is 1. The Morgan fingerprint density at radius 1 is 1.43 bits per heavy atom. The molecule has 0 bridgehead atoms. The van der Waals surface area contributed by atoms with Crippen molar-refractivity contribution in [3.05, 3.63) is 45.2 Å². The summed E-state index contributed by atoms with van der Waals surface area (Å²) in [5.41, 5.74) is 0.598. The Morgan fingerprint density at radius 3 is 2.78 bits per heavy atom. The average Bonchev–Trinajstić information content (AvgIpc) is 3.37. The van der Waals surface area contributed by atoms with Gasteiger partial charge in [0.15, 0.2) is 0 Å². The molecule has 1 heterocycles. The number of rotatable bonds is 5. The summed E-state index contributed by atoms with van der Waals surface area (Å²) in [6, 6.07) is 5.28. The zero-order chi connectivity index (χ0) is 16.6. The molecule has 0 aliphatic heterocycles. The van der Waals surface area contributed by atoms with Crippen molar-refractivity contribution < 1.29 is 9.90 Å². The third-order valence-electron chi connectivity index (χ3n) is 4.20. The zero-order valence-corrected chi connectivity index (χ0v) is 13.7. The first-order valence-electron chi connectivity index (χ1n) is 7.81. The molecule has 1 aromatic heterocycles. The Balaban J connectivity index is 2.15. The predicted molar refractivity (Wildman–Crippen MR) is 90.0 cm³/mol. The van der Waals surface area contributed by atoms with Crippen molar-refractivity contribution in [2.45, 2.75) is 32.4 Å². The van der Waals surface area contributed by atoms with Gasteiger partial charge in [-0.15, -0.1) is 0 Å². The maximum absolute atomic E-state index is 12.8. The molecule has 23 heavy (non-hydrogen) atoms. The standard InChI is InChI=1S/C17H19ClN2O3/c1-2-19-10-14(17(23)20(7-8-21)12-4-5-12)16(22)13-9-11(18)3-6-15(13)19/h3,6,9-10,12,21H,2,4-5,7-8H2,1H3. The van der Waals surface area contributed by atoms with E-state index in [2.05, 4.69) is 0 Å². The van der Waals surface area contributed by atoms with E-state index < -0.39 is 0 Å². The van der Waals surface area contributed by atoms with Gasteiger partial charge in [0.1, 0.15) is 5.56 Å². The van der Waals surface area contributed by atoms with Crippen molar-refractivity contribution in [3.8, 4) is 0 Å². The summed E-state index contributed by atoms with van der Waals surface area (Å²) in [4.78, 5) is 27.2. The van der Waals surface area contributed by atoms with Crippen LogP contribution in [0.4, 0.5) is 0 Å². The van der Waals surface area contributed by atoms with Crippen LogP contribution in [0, 0.1) is 0 Å². The first kappa shape index (κ1) is 16.0. The lowest BCUT2D eigenvalue weighted by molar-refractivity contribution is 0.0705. The van der Waals surface area contributed by atoms with Crippen LogP contribution in [-0.4, -0.2) is 39.7 Å². The van der Waals surface area contributed by atoms with Gasteiger partial charge in [-0.2, -0.15) is 0 Å². The van der Waals surface area contributed by atoms with Crippen molar-refractivity contribution in [2.75, 3.05) is 13.2 Å². The summed E-state index contributed by atoms with van der Waals surface area (Å²) in [6.07, 6.45) is 3.47. The fourth-order valence-electron chi connectivity index (χ4n) is 2.88. The van der Waals surface area contributed by atoms with Crippen molar-refractivity contribution in [1.82, 2.24) is 9.47 Å². The number of pyridine rings is 1. The molecule has 0 saturated heterocycles. The van der Waals surface area contributed by atoms with Crippen LogP contribution in [0.3, 0.4) is 0 Å². The van der Waals surface area contributed by atoms with Gasteiger partial charge in [0.05, 0.1) is 12.1 Å². The van der Waals surface area contributed by atoms with Gasteiger partial charge in [0.2, 0.25) is 5.43 Å². The molecule has 1 saturated carbocycles. The van der Waals surface area contributed by atoms with Gasteiger partial charge < -0.3 is 14.6 Å². The lowest BCUT2D eigenvalue weighted by Gasteiger charge is -2.22. The number of benzene rings is 1. The van der Waals surface area contributed by atoms with E-state index in [1.807, 2.05) is 11.5 Å². The van der Waals surface area contributed by atoms with E-state index in [0.29, 0.717) is 17.0 Å². The highest BCUT2D eigenvalue weighted by Crippen LogP contribution is 2.28. The van der Waals surface area contributed by atoms with Crippen LogP contribution in [0.25, 0.3) is 10.9 Å². The van der Waals surface area contributed by atoms with Gasteiger partial charge in [-0.05, 0) is 38.0 Å². The second-order valence-electron chi connectivity index (χ2n) is 5.77. The molecule has 1 amide bonds. The molecular formula is C17H19ClN2O3. The third kappa shape index (κ3) is 2.99. The molecule has 6 heteroatoms. The molecule has 0 spiro atoms. The summed E-state index contributed by atoms with van der Waals surface area (Å²) in [5, 5.41) is 10.1. The monoisotopic (exact) mass is 334 g/mol. The Labute approximate surface area is 139 Å². The number of aryl methyl sites for hydroxylation is 1. The number of hydrogen-bond acceptors (Lipinski definition) is 3. The molecule has 1 fully saturated rings. The van der Waals surface area contributed by atoms with E-state index >= 15 is 0 Å². The molecule has 1 N–H and O–H groups in total. The van der Waals surface area contributed by atoms with E-state index in [1.54, 1.807) is 29.3 Å². The van der Waals surface area contributed by atoms with E-state index in [0.717, 1.165) is 18.4 Å². The molecular weight excluding hydrogens is 316 g/mol. The Hall–Kier alpha value is -1.85. The minimum Gasteiger partial charge on any atom is -0.395 e. The van der Waals surface area contributed by atoms with Crippen LogP contribution >= 0.6 is 11.6 Å². The summed E-state index contributed by atoms with van der Waals surface area (Å²) in [7, 11) is 0. The molecule has 0 radical (unpaired) electrons. The number of nitrogens with zero attached hydrogens (tertiary/aromatic N) is 2. The Kier molecular flexibility index (Phi) is 4.41. The van der Waals surface area contributed by atoms with Crippen LogP contribution in [0.2, 0.25) is 5.02 Å². The minimum absolute atomic E-state index is 0.108. The van der Waals surface area contributed by atoms with Gasteiger partial charge in [-0.3, -0.25) is 9.59 Å². The summed E-state index contributed by atoms with van der Waals surface area (Å²) in [6.45, 7) is 2.74. The van der Waals surface area contributed by atoms with Gasteiger partial charge >= 0.3 is 0 Å².